The lowest BCUT2D eigenvalue weighted by Crippen LogP contribution is -2.08. The van der Waals surface area contributed by atoms with Gasteiger partial charge in [-0.2, -0.15) is 0 Å². The van der Waals surface area contributed by atoms with Gasteiger partial charge in [0, 0.05) is 29.5 Å². The van der Waals surface area contributed by atoms with Crippen molar-refractivity contribution in [2.75, 3.05) is 6.61 Å². The molecule has 6 heteroatoms. The predicted molar refractivity (Wildman–Crippen MR) is 96.4 cm³/mol. The molecule has 0 radical (unpaired) electrons. The van der Waals surface area contributed by atoms with E-state index in [1.165, 1.54) is 6.08 Å². The highest BCUT2D eigenvalue weighted by atomic mass is 35.5. The molecular weight excluding hydrogens is 342 g/mol. The van der Waals surface area contributed by atoms with Gasteiger partial charge in [-0.15, -0.1) is 0 Å². The molecule has 0 saturated heterocycles. The van der Waals surface area contributed by atoms with E-state index in [1.807, 2.05) is 47.2 Å². The summed E-state index contributed by atoms with van der Waals surface area (Å²) in [6, 6.07) is 11.2. The smallest absolute Gasteiger partial charge is 0.373 e. The number of halogens is 1. The molecule has 1 aromatic heterocycles. The molecule has 130 valence electrons. The number of aliphatic hydroxyl groups excluding tert-OH is 1. The number of hydrogen-bond acceptors (Lipinski definition) is 4. The third kappa shape index (κ3) is 5.65. The fraction of sp³-hybridized carbons (Fsp3) is 0.158. The molecular formula is C19H18ClNO4. The number of rotatable bonds is 7. The number of benzene rings is 1. The fourth-order valence-electron chi connectivity index (χ4n) is 2.12. The summed E-state index contributed by atoms with van der Waals surface area (Å²) in [5, 5.41) is 10.1. The Morgan fingerprint density at radius 2 is 1.96 bits per heavy atom. The van der Waals surface area contributed by atoms with E-state index in [0.717, 1.165) is 17.3 Å². The van der Waals surface area contributed by atoms with Crippen LogP contribution in [0.5, 0.6) is 0 Å². The van der Waals surface area contributed by atoms with E-state index in [2.05, 4.69) is 4.74 Å². The van der Waals surface area contributed by atoms with Crippen molar-refractivity contribution in [3.63, 3.8) is 0 Å². The predicted octanol–water partition coefficient (Wildman–Crippen LogP) is 3.78. The molecule has 2 aromatic rings. The number of carbonyl (C=O) groups excluding carboxylic acids is 2. The number of nitrogens with zero attached hydrogens (tertiary/aromatic N) is 1. The molecule has 0 bridgehead atoms. The third-order valence-corrected chi connectivity index (χ3v) is 3.56. The van der Waals surface area contributed by atoms with Crippen LogP contribution in [0.2, 0.25) is 5.02 Å². The van der Waals surface area contributed by atoms with Crippen LogP contribution >= 0.6 is 11.6 Å². The minimum atomic E-state index is -0.921. The summed E-state index contributed by atoms with van der Waals surface area (Å²) in [4.78, 5) is 23.1. The summed E-state index contributed by atoms with van der Waals surface area (Å²) >= 11 is 5.88. The number of carbonyl (C=O) groups is 2. The van der Waals surface area contributed by atoms with Crippen molar-refractivity contribution < 1.29 is 19.4 Å². The zero-order valence-corrected chi connectivity index (χ0v) is 14.4. The van der Waals surface area contributed by atoms with E-state index < -0.39 is 17.5 Å². The van der Waals surface area contributed by atoms with Crippen molar-refractivity contribution >= 4 is 29.4 Å². The standard InChI is InChI=1S/C19H18ClNO4/c1-2-25-19(24)18(23)12-17(22)10-9-16-4-3-11-21(16)13-14-5-7-15(20)8-6-14/h3-12,23H,2,13H2,1H3/b10-9+,18-12-. The van der Waals surface area contributed by atoms with Crippen LogP contribution in [0.1, 0.15) is 18.2 Å². The van der Waals surface area contributed by atoms with E-state index in [9.17, 15) is 14.7 Å². The van der Waals surface area contributed by atoms with E-state index in [-0.39, 0.29) is 6.61 Å². The molecule has 0 amide bonds. The molecule has 1 N–H and O–H groups in total. The molecule has 1 aromatic carbocycles. The molecule has 0 aliphatic rings. The van der Waals surface area contributed by atoms with E-state index in [1.54, 1.807) is 13.0 Å². The molecule has 0 spiro atoms. The lowest BCUT2D eigenvalue weighted by Gasteiger charge is -2.06. The maximum absolute atomic E-state index is 11.8. The highest BCUT2D eigenvalue weighted by Crippen LogP contribution is 2.13. The van der Waals surface area contributed by atoms with Crippen LogP contribution in [0.4, 0.5) is 0 Å². The van der Waals surface area contributed by atoms with Crippen molar-refractivity contribution in [1.29, 1.82) is 0 Å². The second-order valence-electron chi connectivity index (χ2n) is 5.17. The lowest BCUT2D eigenvalue weighted by molar-refractivity contribution is -0.141. The Kier molecular flexibility index (Phi) is 6.60. The number of ketones is 1. The molecule has 0 unspecified atom stereocenters. The summed E-state index contributed by atoms with van der Waals surface area (Å²) in [6.45, 7) is 2.36. The first-order chi connectivity index (χ1) is 12.0. The number of ether oxygens (including phenoxy) is 1. The van der Waals surface area contributed by atoms with Crippen molar-refractivity contribution in [2.45, 2.75) is 13.5 Å². The van der Waals surface area contributed by atoms with E-state index in [0.29, 0.717) is 11.6 Å². The van der Waals surface area contributed by atoms with Gasteiger partial charge < -0.3 is 14.4 Å². The number of aromatic nitrogens is 1. The molecule has 2 rings (SSSR count). The van der Waals surface area contributed by atoms with Gasteiger partial charge in [0.25, 0.3) is 0 Å². The summed E-state index contributed by atoms with van der Waals surface area (Å²) in [6.07, 6.45) is 5.63. The SMILES string of the molecule is CCOC(=O)/C(O)=C/C(=O)/C=C/c1cccn1Cc1ccc(Cl)cc1. The molecule has 1 heterocycles. The molecule has 0 fully saturated rings. The average Bonchev–Trinajstić information content (AvgIpc) is 3.02. The van der Waals surface area contributed by atoms with E-state index >= 15 is 0 Å². The fourth-order valence-corrected chi connectivity index (χ4v) is 2.25. The van der Waals surface area contributed by atoms with Crippen molar-refractivity contribution in [2.24, 2.45) is 0 Å². The minimum absolute atomic E-state index is 0.124. The second kappa shape index (κ2) is 8.89. The van der Waals surface area contributed by atoms with Gasteiger partial charge in [0.2, 0.25) is 5.76 Å². The molecule has 5 nitrogen and oxygen atoms in total. The zero-order chi connectivity index (χ0) is 18.2. The van der Waals surface area contributed by atoms with E-state index in [4.69, 9.17) is 11.6 Å². The molecule has 25 heavy (non-hydrogen) atoms. The maximum atomic E-state index is 11.8. The molecule has 0 aliphatic heterocycles. The average molecular weight is 360 g/mol. The van der Waals surface area contributed by atoms with Crippen molar-refractivity contribution in [3.05, 3.63) is 76.8 Å². The van der Waals surface area contributed by atoms with Crippen LogP contribution in [-0.2, 0) is 20.9 Å². The topological polar surface area (TPSA) is 68.5 Å². The molecule has 0 saturated carbocycles. The van der Waals surface area contributed by atoms with Gasteiger partial charge in [-0.05, 0) is 48.9 Å². The zero-order valence-electron chi connectivity index (χ0n) is 13.7. The summed E-state index contributed by atoms with van der Waals surface area (Å²) in [5.41, 5.74) is 1.88. The van der Waals surface area contributed by atoms with Crippen LogP contribution in [0.25, 0.3) is 6.08 Å². The first-order valence-corrected chi connectivity index (χ1v) is 8.07. The highest BCUT2D eigenvalue weighted by Gasteiger charge is 2.09. The second-order valence-corrected chi connectivity index (χ2v) is 5.61. The molecule has 0 aliphatic carbocycles. The maximum Gasteiger partial charge on any atom is 0.373 e. The first-order valence-electron chi connectivity index (χ1n) is 7.69. The Morgan fingerprint density at radius 3 is 2.64 bits per heavy atom. The summed E-state index contributed by atoms with van der Waals surface area (Å²) < 4.78 is 6.56. The Hall–Kier alpha value is -2.79. The van der Waals surface area contributed by atoms with Gasteiger partial charge in [-0.1, -0.05) is 23.7 Å². The monoisotopic (exact) mass is 359 g/mol. The minimum Gasteiger partial charge on any atom is -0.502 e. The van der Waals surface area contributed by atoms with Gasteiger partial charge in [-0.3, -0.25) is 4.79 Å². The number of esters is 1. The largest absolute Gasteiger partial charge is 0.502 e. The van der Waals surface area contributed by atoms with Gasteiger partial charge in [0.15, 0.2) is 5.78 Å². The van der Waals surface area contributed by atoms with Crippen molar-refractivity contribution in [1.82, 2.24) is 4.57 Å². The lowest BCUT2D eigenvalue weighted by atomic mass is 10.2. The van der Waals surface area contributed by atoms with Crippen LogP contribution in [0, 0.1) is 0 Å². The van der Waals surface area contributed by atoms with Gasteiger partial charge in [0.05, 0.1) is 6.61 Å². The third-order valence-electron chi connectivity index (χ3n) is 3.31. The van der Waals surface area contributed by atoms with Crippen LogP contribution in [-0.4, -0.2) is 28.0 Å². The first kappa shape index (κ1) is 18.5. The normalized spacial score (nSPS) is 11.7. The Balaban J connectivity index is 2.05. The number of hydrogen-bond donors (Lipinski definition) is 1. The quantitative estimate of drug-likeness (QED) is 0.464. The highest BCUT2D eigenvalue weighted by molar-refractivity contribution is 6.30. The Bertz CT molecular complexity index is 803. The summed E-state index contributed by atoms with van der Waals surface area (Å²) in [7, 11) is 0. The summed E-state index contributed by atoms with van der Waals surface area (Å²) in [5.74, 6) is -2.15. The van der Waals surface area contributed by atoms with Crippen LogP contribution in [0.3, 0.4) is 0 Å². The van der Waals surface area contributed by atoms with Crippen LogP contribution < -0.4 is 0 Å². The van der Waals surface area contributed by atoms with Crippen molar-refractivity contribution in [3.8, 4) is 0 Å². The number of allylic oxidation sites excluding steroid dienone is 2. The van der Waals surface area contributed by atoms with Gasteiger partial charge in [-0.25, -0.2) is 4.79 Å². The van der Waals surface area contributed by atoms with Gasteiger partial charge in [0.1, 0.15) is 0 Å². The Labute approximate surface area is 150 Å². The van der Waals surface area contributed by atoms with Crippen LogP contribution in [0.15, 0.2) is 60.5 Å². The molecule has 0 atom stereocenters. The van der Waals surface area contributed by atoms with Gasteiger partial charge >= 0.3 is 5.97 Å². The number of aliphatic hydroxyl groups is 1. The Morgan fingerprint density at radius 1 is 1.24 bits per heavy atom.